The molecule has 0 unspecified atom stereocenters. The molecule has 0 saturated carbocycles. The molecule has 6 aromatic rings. The number of rotatable bonds is 4. The lowest BCUT2D eigenvalue weighted by molar-refractivity contribution is 0.483. The quantitative estimate of drug-likeness (QED) is 0.223. The summed E-state index contributed by atoms with van der Waals surface area (Å²) in [5.74, 6) is 2.23. The Bertz CT molecular complexity index is 2030. The molecule has 1 aliphatic rings. The highest BCUT2D eigenvalue weighted by atomic mass is 16.5. The van der Waals surface area contributed by atoms with E-state index in [4.69, 9.17) is 8.85 Å². The summed E-state index contributed by atoms with van der Waals surface area (Å²) in [6.45, 7) is 6.48. The summed E-state index contributed by atoms with van der Waals surface area (Å²) in [6.07, 6.45) is 1.80. The minimum absolute atomic E-state index is 0.0780. The zero-order chi connectivity index (χ0) is 30.8. The second kappa shape index (κ2) is 9.41. The van der Waals surface area contributed by atoms with Crippen LogP contribution in [0.1, 0.15) is 36.0 Å². The van der Waals surface area contributed by atoms with E-state index in [0.717, 1.165) is 50.1 Å². The van der Waals surface area contributed by atoms with Gasteiger partial charge in [-0.2, -0.15) is 0 Å². The van der Waals surface area contributed by atoms with Crippen LogP contribution in [-0.2, 0) is 5.41 Å². The Morgan fingerprint density at radius 3 is 2.41 bits per heavy atom. The van der Waals surface area contributed by atoms with Gasteiger partial charge in [0.25, 0.3) is 0 Å². The summed E-state index contributed by atoms with van der Waals surface area (Å²) in [6, 6.07) is 32.6. The second-order valence-corrected chi connectivity index (χ2v) is 11.8. The minimum Gasteiger partial charge on any atom is -0.457 e. The molecular formula is C36H34N4O. The van der Waals surface area contributed by atoms with Gasteiger partial charge >= 0.3 is 0 Å². The topological polar surface area (TPSA) is 33.5 Å². The summed E-state index contributed by atoms with van der Waals surface area (Å²) < 4.78 is 33.3. The zero-order valence-electron chi connectivity index (χ0n) is 26.7. The number of aryl methyl sites for hydroxylation is 1. The van der Waals surface area contributed by atoms with E-state index < -0.39 is 6.98 Å². The Balaban J connectivity index is 1.30. The van der Waals surface area contributed by atoms with Gasteiger partial charge < -0.3 is 14.5 Å². The van der Waals surface area contributed by atoms with Crippen LogP contribution in [0, 0.1) is 6.92 Å². The lowest BCUT2D eigenvalue weighted by Gasteiger charge is -2.23. The number of para-hydroxylation sites is 1. The number of benzene rings is 4. The van der Waals surface area contributed by atoms with Crippen molar-refractivity contribution in [3.8, 4) is 17.3 Å². The van der Waals surface area contributed by atoms with E-state index in [-0.39, 0.29) is 12.1 Å². The van der Waals surface area contributed by atoms with Gasteiger partial charge in [-0.25, -0.2) is 4.98 Å². The Morgan fingerprint density at radius 2 is 1.61 bits per heavy atom. The van der Waals surface area contributed by atoms with Gasteiger partial charge in [0.1, 0.15) is 17.3 Å². The molecule has 0 saturated heterocycles. The summed E-state index contributed by atoms with van der Waals surface area (Å²) in [5, 5.41) is 2.27. The lowest BCUT2D eigenvalue weighted by atomic mass is 9.86. The number of anilines is 3. The molecule has 4 aromatic carbocycles. The monoisotopic (exact) mass is 541 g/mol. The maximum absolute atomic E-state index is 8.21. The summed E-state index contributed by atoms with van der Waals surface area (Å²) >= 11 is 0. The molecule has 7 rings (SSSR count). The van der Waals surface area contributed by atoms with E-state index in [1.54, 1.807) is 6.20 Å². The Morgan fingerprint density at radius 1 is 0.780 bits per heavy atom. The first-order valence-electron chi connectivity index (χ1n) is 15.4. The van der Waals surface area contributed by atoms with Gasteiger partial charge in [0.15, 0.2) is 0 Å². The predicted octanol–water partition coefficient (Wildman–Crippen LogP) is 9.12. The van der Waals surface area contributed by atoms with Crippen LogP contribution in [0.3, 0.4) is 0 Å². The van der Waals surface area contributed by atoms with Crippen molar-refractivity contribution in [3.05, 3.63) is 114 Å². The van der Waals surface area contributed by atoms with Crippen molar-refractivity contribution in [2.24, 2.45) is 0 Å². The lowest BCUT2D eigenvalue weighted by Crippen LogP contribution is -2.24. The maximum Gasteiger partial charge on any atom is 0.137 e. The molecule has 0 radical (unpaired) electrons. The van der Waals surface area contributed by atoms with Crippen LogP contribution in [0.2, 0.25) is 0 Å². The highest BCUT2D eigenvalue weighted by Gasteiger charge is 2.27. The van der Waals surface area contributed by atoms with Crippen LogP contribution in [0.25, 0.3) is 27.6 Å². The Labute approximate surface area is 245 Å². The Kier molecular flexibility index (Phi) is 5.05. The number of aromatic nitrogens is 2. The largest absolute Gasteiger partial charge is 0.457 e. The summed E-state index contributed by atoms with van der Waals surface area (Å²) in [4.78, 5) is 8.19. The number of hydrogen-bond donors (Lipinski definition) is 0. The van der Waals surface area contributed by atoms with Gasteiger partial charge in [0.2, 0.25) is 0 Å². The minimum atomic E-state index is -2.27. The number of hydrogen-bond acceptors (Lipinski definition) is 4. The van der Waals surface area contributed by atoms with Gasteiger partial charge in [-0.1, -0.05) is 51.1 Å². The van der Waals surface area contributed by atoms with E-state index in [2.05, 4.69) is 77.7 Å². The zero-order valence-corrected chi connectivity index (χ0v) is 23.7. The van der Waals surface area contributed by atoms with Crippen molar-refractivity contribution in [2.75, 3.05) is 23.4 Å². The van der Waals surface area contributed by atoms with Gasteiger partial charge in [-0.3, -0.25) is 4.57 Å². The molecule has 0 bridgehead atoms. The highest BCUT2D eigenvalue weighted by molar-refractivity contribution is 6.09. The third kappa shape index (κ3) is 4.38. The molecule has 0 aliphatic carbocycles. The first-order chi connectivity index (χ1) is 21.0. The van der Waals surface area contributed by atoms with Crippen LogP contribution in [-0.4, -0.2) is 23.2 Å². The van der Waals surface area contributed by atoms with Crippen molar-refractivity contribution in [1.29, 1.82) is 0 Å². The average molecular weight is 542 g/mol. The van der Waals surface area contributed by atoms with Crippen molar-refractivity contribution in [1.82, 2.24) is 9.55 Å². The van der Waals surface area contributed by atoms with Crippen LogP contribution >= 0.6 is 0 Å². The smallest absolute Gasteiger partial charge is 0.137 e. The van der Waals surface area contributed by atoms with Gasteiger partial charge in [-0.15, -0.1) is 0 Å². The molecule has 1 aliphatic heterocycles. The summed E-state index contributed by atoms with van der Waals surface area (Å²) in [5.41, 5.74) is 6.63. The standard InChI is InChI=1S/C36H34N4O/c1-24-18-26(39-23-38(5)32-16-13-25(20-34(32)39)36(2,3)4)21-28(19-24)41-27-14-15-30-29-10-6-7-11-31(29)40(33(30)22-27)35-12-8-9-17-37-35/h6-22H,23H2,1-5H3/i5D3. The molecule has 2 aromatic heterocycles. The maximum atomic E-state index is 8.21. The third-order valence-corrected chi connectivity index (χ3v) is 7.81. The molecule has 5 heteroatoms. The molecular weight excluding hydrogens is 504 g/mol. The number of pyridine rings is 1. The molecule has 0 N–H and O–H groups in total. The molecule has 0 atom stereocenters. The average Bonchev–Trinajstić information content (AvgIpc) is 3.53. The number of ether oxygens (including phenoxy) is 1. The van der Waals surface area contributed by atoms with Crippen LogP contribution < -0.4 is 14.5 Å². The number of nitrogens with zero attached hydrogens (tertiary/aromatic N) is 4. The third-order valence-electron chi connectivity index (χ3n) is 7.81. The van der Waals surface area contributed by atoms with E-state index in [1.165, 1.54) is 4.90 Å². The molecule has 5 nitrogen and oxygen atoms in total. The first-order valence-corrected chi connectivity index (χ1v) is 13.9. The van der Waals surface area contributed by atoms with Crippen molar-refractivity contribution >= 4 is 38.9 Å². The molecule has 204 valence electrons. The summed E-state index contributed by atoms with van der Waals surface area (Å²) in [7, 11) is 0. The second-order valence-electron chi connectivity index (χ2n) is 11.8. The molecule has 0 spiro atoms. The Hall–Kier alpha value is -4.77. The van der Waals surface area contributed by atoms with E-state index >= 15 is 0 Å². The fraction of sp³-hybridized carbons (Fsp3) is 0.194. The molecule has 0 fully saturated rings. The van der Waals surface area contributed by atoms with Crippen molar-refractivity contribution < 1.29 is 8.85 Å². The molecule has 3 heterocycles. The normalized spacial score (nSPS) is 14.7. The fourth-order valence-corrected chi connectivity index (χ4v) is 5.77. The van der Waals surface area contributed by atoms with Gasteiger partial charge in [0.05, 0.1) is 29.1 Å². The SMILES string of the molecule is [2H]C([2H])([2H])N1CN(c2cc(C)cc(Oc3ccc4c5ccccc5n(-c5ccccn5)c4c3)c2)c2cc(C(C)(C)C)ccc21. The van der Waals surface area contributed by atoms with E-state index in [1.807, 2.05) is 61.5 Å². The van der Waals surface area contributed by atoms with E-state index in [9.17, 15) is 0 Å². The first kappa shape index (κ1) is 22.0. The van der Waals surface area contributed by atoms with Gasteiger partial charge in [-0.05, 0) is 78.1 Å². The van der Waals surface area contributed by atoms with Gasteiger partial charge in [0, 0.05) is 45.9 Å². The predicted molar refractivity (Wildman–Crippen MR) is 170 cm³/mol. The van der Waals surface area contributed by atoms with E-state index in [0.29, 0.717) is 17.2 Å². The van der Waals surface area contributed by atoms with Crippen LogP contribution in [0.5, 0.6) is 11.5 Å². The van der Waals surface area contributed by atoms with Crippen LogP contribution in [0.15, 0.2) is 103 Å². The molecule has 41 heavy (non-hydrogen) atoms. The fourth-order valence-electron chi connectivity index (χ4n) is 5.77. The number of fused-ring (bicyclic) bond motifs is 4. The van der Waals surface area contributed by atoms with Crippen molar-refractivity contribution in [3.63, 3.8) is 0 Å². The highest BCUT2D eigenvalue weighted by Crippen LogP contribution is 2.44. The molecule has 0 amide bonds. The van der Waals surface area contributed by atoms with Crippen LogP contribution in [0.4, 0.5) is 17.1 Å². The van der Waals surface area contributed by atoms with Crippen molar-refractivity contribution in [2.45, 2.75) is 33.1 Å².